The third-order valence-corrected chi connectivity index (χ3v) is 2.87. The van der Waals surface area contributed by atoms with Gasteiger partial charge in [0.1, 0.15) is 0 Å². The van der Waals surface area contributed by atoms with Crippen LogP contribution in [0.5, 0.6) is 0 Å². The monoisotopic (exact) mass is 231 g/mol. The van der Waals surface area contributed by atoms with Gasteiger partial charge in [0.25, 0.3) is 0 Å². The van der Waals surface area contributed by atoms with Crippen LogP contribution in [0.2, 0.25) is 0 Å². The molecule has 1 saturated heterocycles. The first kappa shape index (κ1) is 10.0. The second-order valence-electron chi connectivity index (χ2n) is 3.64. The van der Waals surface area contributed by atoms with Crippen molar-refractivity contribution in [1.29, 1.82) is 0 Å². The summed E-state index contributed by atoms with van der Waals surface area (Å²) in [6.45, 7) is 6.86. The van der Waals surface area contributed by atoms with Crippen LogP contribution in [0.4, 0.5) is 0 Å². The van der Waals surface area contributed by atoms with Gasteiger partial charge in [-0.25, -0.2) is 0 Å². The van der Waals surface area contributed by atoms with E-state index >= 15 is 0 Å². The number of hydrogen-bond donors (Lipinski definition) is 0. The summed E-state index contributed by atoms with van der Waals surface area (Å²) in [4.78, 5) is 2.42. The molecule has 1 aliphatic heterocycles. The average Bonchev–Trinajstić information content (AvgIpc) is 2.51. The summed E-state index contributed by atoms with van der Waals surface area (Å²) in [6.07, 6.45) is 7.14. The van der Waals surface area contributed by atoms with Gasteiger partial charge in [0.05, 0.1) is 0 Å². The molecule has 0 amide bonds. The van der Waals surface area contributed by atoms with Gasteiger partial charge < -0.3 is 0 Å². The molecule has 2 heteroatoms. The zero-order valence-corrected chi connectivity index (χ0v) is 9.63. The molecule has 1 nitrogen and oxygen atoms in total. The SMILES string of the molecule is CC(C)/C=C/C(=[Se])N1CCCC1. The first-order chi connectivity index (χ1) is 5.70. The molecule has 0 aromatic rings. The van der Waals surface area contributed by atoms with Crippen LogP contribution in [0.25, 0.3) is 0 Å². The van der Waals surface area contributed by atoms with Gasteiger partial charge >= 0.3 is 82.9 Å². The minimum absolute atomic E-state index is 0.649. The molecule has 0 saturated carbocycles. The van der Waals surface area contributed by atoms with Gasteiger partial charge in [0, 0.05) is 0 Å². The summed E-state index contributed by atoms with van der Waals surface area (Å²) < 4.78 is 1.31. The summed E-state index contributed by atoms with van der Waals surface area (Å²) in [7, 11) is 0. The normalized spacial score (nSPS) is 18.1. The number of allylic oxidation sites excluding steroid dienone is 1. The molecule has 1 heterocycles. The van der Waals surface area contributed by atoms with E-state index in [1.54, 1.807) is 0 Å². The van der Waals surface area contributed by atoms with Crippen LogP contribution in [0.15, 0.2) is 12.2 Å². The maximum absolute atomic E-state index is 3.13. The van der Waals surface area contributed by atoms with E-state index in [4.69, 9.17) is 0 Å². The van der Waals surface area contributed by atoms with Crippen molar-refractivity contribution in [2.45, 2.75) is 26.7 Å². The van der Waals surface area contributed by atoms with Crippen LogP contribution in [0, 0.1) is 5.92 Å². The minimum atomic E-state index is 0.649. The molecular weight excluding hydrogens is 213 g/mol. The third kappa shape index (κ3) is 3.12. The van der Waals surface area contributed by atoms with Crippen LogP contribution in [0.3, 0.4) is 0 Å². The van der Waals surface area contributed by atoms with E-state index in [2.05, 4.69) is 46.5 Å². The van der Waals surface area contributed by atoms with Gasteiger partial charge in [0.15, 0.2) is 0 Å². The van der Waals surface area contributed by atoms with E-state index in [9.17, 15) is 0 Å². The standard InChI is InChI=1S/C10H17NSe/c1-9(2)5-6-10(12)11-7-3-4-8-11/h5-6,9H,3-4,7-8H2,1-2H3/b6-5+. The van der Waals surface area contributed by atoms with Crippen LogP contribution < -0.4 is 0 Å². The van der Waals surface area contributed by atoms with Crippen molar-refractivity contribution in [3.8, 4) is 0 Å². The van der Waals surface area contributed by atoms with Gasteiger partial charge in [0.2, 0.25) is 0 Å². The van der Waals surface area contributed by atoms with Crippen molar-refractivity contribution < 1.29 is 0 Å². The topological polar surface area (TPSA) is 3.24 Å². The Labute approximate surface area is 83.2 Å². The number of likely N-dealkylation sites (tertiary alicyclic amines) is 1. The average molecular weight is 230 g/mol. The van der Waals surface area contributed by atoms with Crippen LogP contribution in [-0.2, 0) is 0 Å². The van der Waals surface area contributed by atoms with Gasteiger partial charge in [-0.2, -0.15) is 0 Å². The molecule has 68 valence electrons. The zero-order chi connectivity index (χ0) is 8.97. The molecule has 0 unspecified atom stereocenters. The van der Waals surface area contributed by atoms with Crippen molar-refractivity contribution in [2.24, 2.45) is 5.92 Å². The van der Waals surface area contributed by atoms with Gasteiger partial charge in [-0.1, -0.05) is 0 Å². The van der Waals surface area contributed by atoms with Crippen molar-refractivity contribution in [3.63, 3.8) is 0 Å². The van der Waals surface area contributed by atoms with Crippen molar-refractivity contribution in [1.82, 2.24) is 4.90 Å². The Morgan fingerprint density at radius 1 is 1.33 bits per heavy atom. The Kier molecular flexibility index (Phi) is 4.03. The molecule has 12 heavy (non-hydrogen) atoms. The molecular formula is C10H17NSe. The molecule has 1 rings (SSSR count). The summed E-state index contributed by atoms with van der Waals surface area (Å²) in [5.41, 5.74) is 0. The second-order valence-corrected chi connectivity index (χ2v) is 4.51. The molecule has 0 radical (unpaired) electrons. The molecule has 0 aromatic carbocycles. The Hall–Kier alpha value is -0.0705. The van der Waals surface area contributed by atoms with Gasteiger partial charge in [-0.05, 0) is 0 Å². The van der Waals surface area contributed by atoms with Crippen LogP contribution in [0.1, 0.15) is 26.7 Å². The molecule has 1 fully saturated rings. The quantitative estimate of drug-likeness (QED) is 0.665. The fraction of sp³-hybridized carbons (Fsp3) is 0.700. The summed E-state index contributed by atoms with van der Waals surface area (Å²) in [5.74, 6) is 0.649. The third-order valence-electron chi connectivity index (χ3n) is 2.04. The predicted molar refractivity (Wildman–Crippen MR) is 55.5 cm³/mol. The fourth-order valence-corrected chi connectivity index (χ4v) is 1.87. The first-order valence-corrected chi connectivity index (χ1v) is 5.53. The molecule has 0 aromatic heterocycles. The van der Waals surface area contributed by atoms with Crippen LogP contribution >= 0.6 is 0 Å². The Morgan fingerprint density at radius 3 is 2.42 bits per heavy atom. The molecule has 0 N–H and O–H groups in total. The van der Waals surface area contributed by atoms with Gasteiger partial charge in [-0.15, -0.1) is 0 Å². The Bertz CT molecular complexity index is 178. The van der Waals surface area contributed by atoms with E-state index in [1.165, 1.54) is 30.5 Å². The zero-order valence-electron chi connectivity index (χ0n) is 7.92. The van der Waals surface area contributed by atoms with Gasteiger partial charge in [-0.3, -0.25) is 0 Å². The number of rotatable bonds is 3. The second kappa shape index (κ2) is 4.83. The molecule has 0 atom stereocenters. The fourth-order valence-electron chi connectivity index (χ4n) is 1.32. The molecule has 0 aliphatic carbocycles. The molecule has 1 aliphatic rings. The summed E-state index contributed by atoms with van der Waals surface area (Å²) in [5, 5.41) is 0. The summed E-state index contributed by atoms with van der Waals surface area (Å²) >= 11 is 3.13. The van der Waals surface area contributed by atoms with E-state index in [-0.39, 0.29) is 0 Å². The van der Waals surface area contributed by atoms with E-state index in [1.807, 2.05) is 0 Å². The van der Waals surface area contributed by atoms with Crippen molar-refractivity contribution in [3.05, 3.63) is 12.2 Å². The maximum atomic E-state index is 3.13. The number of nitrogens with zero attached hydrogens (tertiary/aromatic N) is 1. The number of hydrogen-bond acceptors (Lipinski definition) is 1. The van der Waals surface area contributed by atoms with E-state index in [0.29, 0.717) is 5.92 Å². The van der Waals surface area contributed by atoms with Crippen molar-refractivity contribution >= 4 is 20.1 Å². The Morgan fingerprint density at radius 2 is 1.92 bits per heavy atom. The van der Waals surface area contributed by atoms with Crippen molar-refractivity contribution in [2.75, 3.05) is 13.1 Å². The molecule has 0 bridgehead atoms. The van der Waals surface area contributed by atoms with E-state index in [0.717, 1.165) is 0 Å². The predicted octanol–water partition coefficient (Wildman–Crippen LogP) is 1.59. The van der Waals surface area contributed by atoms with E-state index < -0.39 is 0 Å². The van der Waals surface area contributed by atoms with Crippen LogP contribution in [-0.4, -0.2) is 38.1 Å². The first-order valence-electron chi connectivity index (χ1n) is 4.67. The summed E-state index contributed by atoms with van der Waals surface area (Å²) in [6, 6.07) is 0. The Balaban J connectivity index is 2.36. The molecule has 0 spiro atoms.